The lowest BCUT2D eigenvalue weighted by atomic mass is 10.0. The monoisotopic (exact) mass is 436 g/mol. The van der Waals surface area contributed by atoms with Crippen molar-refractivity contribution in [2.45, 2.75) is 98.0 Å². The number of amides is 1. The zero-order chi connectivity index (χ0) is 22.9. The molecule has 2 atom stereocenters. The average molecular weight is 437 g/mol. The van der Waals surface area contributed by atoms with E-state index in [4.69, 9.17) is 14.6 Å². The zero-order valence-corrected chi connectivity index (χ0v) is 21.3. The van der Waals surface area contributed by atoms with E-state index < -0.39 is 14.6 Å². The van der Waals surface area contributed by atoms with Crippen LogP contribution in [0.3, 0.4) is 0 Å². The molecule has 0 spiro atoms. The largest absolute Gasteiger partial charge is 0.392 e. The average Bonchev–Trinajstić information content (AvgIpc) is 2.67. The van der Waals surface area contributed by atoms with E-state index in [2.05, 4.69) is 78.0 Å². The molecule has 0 heterocycles. The first-order valence-corrected chi connectivity index (χ1v) is 13.4. The third-order valence-electron chi connectivity index (χ3n) is 5.58. The first-order chi connectivity index (χ1) is 14.0. The molecule has 0 aliphatic heterocycles. The molecule has 172 valence electrons. The van der Waals surface area contributed by atoms with E-state index in [-0.39, 0.29) is 23.0 Å². The molecule has 3 N–H and O–H groups in total. The molecule has 6 heteroatoms. The van der Waals surface area contributed by atoms with Crippen LogP contribution in [0.4, 0.5) is 0 Å². The summed E-state index contributed by atoms with van der Waals surface area (Å²) in [6.07, 6.45) is 1.47. The van der Waals surface area contributed by atoms with Crippen LogP contribution in [0.15, 0.2) is 24.3 Å². The molecule has 0 saturated carbocycles. The van der Waals surface area contributed by atoms with E-state index in [9.17, 15) is 4.79 Å². The Hall–Kier alpha value is -1.21. The molecule has 1 aromatic rings. The minimum absolute atomic E-state index is 0.0672. The second kappa shape index (κ2) is 12.6. The van der Waals surface area contributed by atoms with Crippen LogP contribution in [0.2, 0.25) is 11.1 Å². The second-order valence-electron chi connectivity index (χ2n) is 9.47. The van der Waals surface area contributed by atoms with Gasteiger partial charge in [0.25, 0.3) is 0 Å². The number of hydrogen-bond donors (Lipinski definition) is 2. The van der Waals surface area contributed by atoms with Crippen LogP contribution in [0, 0.1) is 12.8 Å². The highest BCUT2D eigenvalue weighted by Crippen LogP contribution is 2.35. The third-order valence-corrected chi connectivity index (χ3v) is 10.0. The summed E-state index contributed by atoms with van der Waals surface area (Å²) in [6, 6.07) is 7.90. The van der Waals surface area contributed by atoms with E-state index in [1.54, 1.807) is 0 Å². The number of carbonyl (C=O) groups excluding carboxylic acids is 1. The Balaban J connectivity index is 2.94. The molecule has 0 aliphatic carbocycles. The molecule has 0 radical (unpaired) electrons. The standard InChI is InChI=1S/C24H44N2O3Si/c1-9-23(25)24(27)26-22(14-17(2)3)16-29-30(18(4)5,19(6)7)28-15-21-12-10-20(8)11-13-21/h10-13,17-19,22-23H,9,14-16,25H2,1-8H3,(H,26,27). The van der Waals surface area contributed by atoms with Crippen molar-refractivity contribution >= 4 is 14.5 Å². The summed E-state index contributed by atoms with van der Waals surface area (Å²) in [7, 11) is -2.53. The van der Waals surface area contributed by atoms with Crippen LogP contribution >= 0.6 is 0 Å². The van der Waals surface area contributed by atoms with Crippen molar-refractivity contribution in [3.63, 3.8) is 0 Å². The fourth-order valence-corrected chi connectivity index (χ4v) is 7.32. The molecular formula is C24H44N2O3Si. The van der Waals surface area contributed by atoms with Gasteiger partial charge in [0, 0.05) is 0 Å². The van der Waals surface area contributed by atoms with Gasteiger partial charge in [0.1, 0.15) is 0 Å². The zero-order valence-electron chi connectivity index (χ0n) is 20.3. The van der Waals surface area contributed by atoms with Gasteiger partial charge >= 0.3 is 8.56 Å². The summed E-state index contributed by atoms with van der Waals surface area (Å²) in [4.78, 5) is 12.4. The van der Waals surface area contributed by atoms with Gasteiger partial charge in [0.15, 0.2) is 0 Å². The van der Waals surface area contributed by atoms with Gasteiger partial charge in [0.2, 0.25) is 5.91 Å². The summed E-state index contributed by atoms with van der Waals surface area (Å²) in [5.41, 5.74) is 8.90. The summed E-state index contributed by atoms with van der Waals surface area (Å²) in [6.45, 7) is 18.1. The SMILES string of the molecule is CCC(N)C(=O)NC(CO[Si](OCc1ccc(C)cc1)(C(C)C)C(C)C)CC(C)C. The molecule has 0 bridgehead atoms. The predicted molar refractivity (Wildman–Crippen MR) is 128 cm³/mol. The van der Waals surface area contributed by atoms with Gasteiger partial charge in [-0.1, -0.05) is 78.3 Å². The molecule has 1 rings (SSSR count). The van der Waals surface area contributed by atoms with Crippen LogP contribution in [-0.4, -0.2) is 33.2 Å². The number of benzene rings is 1. The third kappa shape index (κ3) is 8.14. The minimum atomic E-state index is -2.53. The molecular weight excluding hydrogens is 392 g/mol. The van der Waals surface area contributed by atoms with Crippen molar-refractivity contribution in [1.82, 2.24) is 5.32 Å². The smallest absolute Gasteiger partial charge is 0.343 e. The predicted octanol–water partition coefficient (Wildman–Crippen LogP) is 5.06. The van der Waals surface area contributed by atoms with Crippen molar-refractivity contribution in [2.24, 2.45) is 11.7 Å². The van der Waals surface area contributed by atoms with E-state index in [0.29, 0.717) is 25.6 Å². The Labute approximate surface area is 185 Å². The molecule has 30 heavy (non-hydrogen) atoms. The van der Waals surface area contributed by atoms with Crippen LogP contribution < -0.4 is 11.1 Å². The van der Waals surface area contributed by atoms with Crippen molar-refractivity contribution in [3.05, 3.63) is 35.4 Å². The Morgan fingerprint density at radius 1 is 1.03 bits per heavy atom. The summed E-state index contributed by atoms with van der Waals surface area (Å²) >= 11 is 0. The molecule has 5 nitrogen and oxygen atoms in total. The van der Waals surface area contributed by atoms with Gasteiger partial charge in [0.05, 0.1) is 25.3 Å². The molecule has 1 amide bonds. The first kappa shape index (κ1) is 26.8. The maximum absolute atomic E-state index is 12.4. The van der Waals surface area contributed by atoms with Crippen molar-refractivity contribution in [2.75, 3.05) is 6.61 Å². The highest BCUT2D eigenvalue weighted by Gasteiger charge is 2.45. The van der Waals surface area contributed by atoms with Gasteiger partial charge in [-0.3, -0.25) is 4.79 Å². The highest BCUT2D eigenvalue weighted by atomic mass is 28.4. The Morgan fingerprint density at radius 3 is 2.07 bits per heavy atom. The fraction of sp³-hybridized carbons (Fsp3) is 0.708. The lowest BCUT2D eigenvalue weighted by Gasteiger charge is -2.39. The fourth-order valence-electron chi connectivity index (χ4n) is 3.72. The van der Waals surface area contributed by atoms with Crippen LogP contribution in [0.5, 0.6) is 0 Å². The van der Waals surface area contributed by atoms with Gasteiger partial charge in [-0.2, -0.15) is 0 Å². The van der Waals surface area contributed by atoms with Crippen LogP contribution in [-0.2, 0) is 20.3 Å². The van der Waals surface area contributed by atoms with E-state index >= 15 is 0 Å². The van der Waals surface area contributed by atoms with E-state index in [1.807, 2.05) is 6.92 Å². The van der Waals surface area contributed by atoms with Gasteiger partial charge in [-0.15, -0.1) is 0 Å². The molecule has 0 fully saturated rings. The van der Waals surface area contributed by atoms with Crippen LogP contribution in [0.25, 0.3) is 0 Å². The first-order valence-electron chi connectivity index (χ1n) is 11.4. The number of hydrogen-bond acceptors (Lipinski definition) is 4. The molecule has 0 saturated heterocycles. The van der Waals surface area contributed by atoms with Crippen molar-refractivity contribution in [3.8, 4) is 0 Å². The number of rotatable bonds is 13. The normalized spacial score (nSPS) is 14.4. The lowest BCUT2D eigenvalue weighted by Crippen LogP contribution is -2.53. The van der Waals surface area contributed by atoms with Crippen molar-refractivity contribution in [1.29, 1.82) is 0 Å². The Bertz CT molecular complexity index is 624. The number of carbonyl (C=O) groups is 1. The Kier molecular flexibility index (Phi) is 11.3. The maximum atomic E-state index is 12.4. The minimum Gasteiger partial charge on any atom is -0.392 e. The van der Waals surface area contributed by atoms with Gasteiger partial charge in [-0.25, -0.2) is 0 Å². The molecule has 0 aromatic heterocycles. The summed E-state index contributed by atoms with van der Waals surface area (Å²) < 4.78 is 13.2. The quantitative estimate of drug-likeness (QED) is 0.424. The molecule has 0 aliphatic rings. The van der Waals surface area contributed by atoms with Crippen LogP contribution in [0.1, 0.15) is 72.4 Å². The van der Waals surface area contributed by atoms with Crippen molar-refractivity contribution < 1.29 is 13.6 Å². The lowest BCUT2D eigenvalue weighted by molar-refractivity contribution is -0.123. The molecule has 1 aromatic carbocycles. The second-order valence-corrected chi connectivity index (χ2v) is 13.8. The van der Waals surface area contributed by atoms with Gasteiger partial charge < -0.3 is 19.9 Å². The van der Waals surface area contributed by atoms with E-state index in [0.717, 1.165) is 12.0 Å². The number of nitrogens with two attached hydrogens (primary N) is 1. The number of aryl methyl sites for hydroxylation is 1. The maximum Gasteiger partial charge on any atom is 0.343 e. The summed E-state index contributed by atoms with van der Waals surface area (Å²) in [5, 5.41) is 3.11. The number of nitrogens with one attached hydrogen (secondary N) is 1. The molecule has 2 unspecified atom stereocenters. The summed E-state index contributed by atoms with van der Waals surface area (Å²) in [5.74, 6) is 0.341. The van der Waals surface area contributed by atoms with Gasteiger partial charge in [-0.05, 0) is 42.3 Å². The highest BCUT2D eigenvalue weighted by molar-refractivity contribution is 6.70. The Morgan fingerprint density at radius 2 is 1.60 bits per heavy atom. The van der Waals surface area contributed by atoms with E-state index in [1.165, 1.54) is 5.56 Å². The topological polar surface area (TPSA) is 73.6 Å².